The number of nitrogens with one attached hydrogen (secondary N) is 1. The van der Waals surface area contributed by atoms with Gasteiger partial charge in [0.2, 0.25) is 0 Å². The summed E-state index contributed by atoms with van der Waals surface area (Å²) in [4.78, 5) is 0. The number of hydrogen-bond donors (Lipinski definition) is 1. The lowest BCUT2D eigenvalue weighted by atomic mass is 10.0. The zero-order valence-electron chi connectivity index (χ0n) is 10.8. The number of aromatic nitrogens is 2. The molecule has 1 aliphatic rings. The molecule has 2 aromatic rings. The van der Waals surface area contributed by atoms with Crippen molar-refractivity contribution in [3.63, 3.8) is 0 Å². The Labute approximate surface area is 108 Å². The summed E-state index contributed by atoms with van der Waals surface area (Å²) < 4.78 is 1.92. The normalized spacial score (nSPS) is 19.3. The Balaban J connectivity index is 1.72. The summed E-state index contributed by atoms with van der Waals surface area (Å²) in [5.41, 5.74) is 3.72. The van der Waals surface area contributed by atoms with Gasteiger partial charge in [0, 0.05) is 12.2 Å². The maximum atomic E-state index is 4.32. The van der Waals surface area contributed by atoms with E-state index in [1.807, 2.05) is 17.1 Å². The molecule has 94 valence electrons. The van der Waals surface area contributed by atoms with Gasteiger partial charge < -0.3 is 5.32 Å². The minimum Gasteiger partial charge on any atom is -0.314 e. The lowest BCUT2D eigenvalue weighted by Crippen LogP contribution is -2.23. The molecular formula is C15H19N3. The minimum atomic E-state index is 0.669. The van der Waals surface area contributed by atoms with E-state index >= 15 is 0 Å². The molecule has 3 nitrogen and oxygen atoms in total. The zero-order valence-corrected chi connectivity index (χ0v) is 10.8. The molecule has 1 saturated heterocycles. The first kappa shape index (κ1) is 11.5. The third kappa shape index (κ3) is 2.46. The van der Waals surface area contributed by atoms with E-state index in [0.29, 0.717) is 6.04 Å². The Morgan fingerprint density at radius 3 is 2.78 bits per heavy atom. The fourth-order valence-electron chi connectivity index (χ4n) is 2.55. The smallest absolute Gasteiger partial charge is 0.0645 e. The molecule has 18 heavy (non-hydrogen) atoms. The van der Waals surface area contributed by atoms with Crippen LogP contribution in [0.4, 0.5) is 0 Å². The standard InChI is InChI=1S/C15H19N3/c1-12-10-17-18(11-12)15-6-4-13(5-7-15)9-14-3-2-8-16-14/h4-7,10-11,14,16H,2-3,8-9H2,1H3. The zero-order chi connectivity index (χ0) is 12.4. The first-order chi connectivity index (χ1) is 8.81. The van der Waals surface area contributed by atoms with Gasteiger partial charge in [-0.1, -0.05) is 12.1 Å². The Bertz CT molecular complexity index is 507. The number of aryl methyl sites for hydroxylation is 1. The first-order valence-corrected chi connectivity index (χ1v) is 6.65. The number of rotatable bonds is 3. The molecule has 0 saturated carbocycles. The second-order valence-corrected chi connectivity index (χ2v) is 5.13. The van der Waals surface area contributed by atoms with Crippen LogP contribution in [0.1, 0.15) is 24.0 Å². The van der Waals surface area contributed by atoms with Crippen LogP contribution < -0.4 is 5.32 Å². The van der Waals surface area contributed by atoms with Crippen molar-refractivity contribution >= 4 is 0 Å². The summed E-state index contributed by atoms with van der Waals surface area (Å²) in [6.45, 7) is 3.24. The van der Waals surface area contributed by atoms with E-state index in [2.05, 4.69) is 41.6 Å². The highest BCUT2D eigenvalue weighted by molar-refractivity contribution is 5.34. The monoisotopic (exact) mass is 241 g/mol. The van der Waals surface area contributed by atoms with Crippen LogP contribution in [-0.2, 0) is 6.42 Å². The molecule has 0 amide bonds. The highest BCUT2D eigenvalue weighted by Gasteiger charge is 2.14. The second-order valence-electron chi connectivity index (χ2n) is 5.13. The molecular weight excluding hydrogens is 222 g/mol. The Morgan fingerprint density at radius 2 is 2.17 bits per heavy atom. The van der Waals surface area contributed by atoms with Gasteiger partial charge in [0.25, 0.3) is 0 Å². The fraction of sp³-hybridized carbons (Fsp3) is 0.400. The van der Waals surface area contributed by atoms with E-state index in [1.165, 1.54) is 30.5 Å². The van der Waals surface area contributed by atoms with Crippen LogP contribution in [0, 0.1) is 6.92 Å². The quantitative estimate of drug-likeness (QED) is 0.894. The molecule has 1 aromatic carbocycles. The summed E-state index contributed by atoms with van der Waals surface area (Å²) in [6, 6.07) is 9.40. The largest absolute Gasteiger partial charge is 0.314 e. The van der Waals surface area contributed by atoms with Crippen molar-refractivity contribution in [2.75, 3.05) is 6.54 Å². The Morgan fingerprint density at radius 1 is 1.33 bits per heavy atom. The Kier molecular flexibility index (Phi) is 3.15. The van der Waals surface area contributed by atoms with Crippen molar-refractivity contribution in [3.05, 3.63) is 47.8 Å². The van der Waals surface area contributed by atoms with Crippen LogP contribution in [0.5, 0.6) is 0 Å². The maximum Gasteiger partial charge on any atom is 0.0645 e. The molecule has 0 radical (unpaired) electrons. The van der Waals surface area contributed by atoms with E-state index in [1.54, 1.807) is 0 Å². The third-order valence-corrected chi connectivity index (χ3v) is 3.56. The summed E-state index contributed by atoms with van der Waals surface area (Å²) in [7, 11) is 0. The van der Waals surface area contributed by atoms with Gasteiger partial charge in [0.1, 0.15) is 0 Å². The van der Waals surface area contributed by atoms with Crippen molar-refractivity contribution < 1.29 is 0 Å². The number of hydrogen-bond acceptors (Lipinski definition) is 2. The highest BCUT2D eigenvalue weighted by atomic mass is 15.3. The van der Waals surface area contributed by atoms with Crippen molar-refractivity contribution in [2.45, 2.75) is 32.2 Å². The molecule has 1 unspecified atom stereocenters. The average Bonchev–Trinajstić information content (AvgIpc) is 3.02. The number of benzene rings is 1. The third-order valence-electron chi connectivity index (χ3n) is 3.56. The van der Waals surface area contributed by atoms with Gasteiger partial charge >= 0.3 is 0 Å². The van der Waals surface area contributed by atoms with Gasteiger partial charge in [0.05, 0.1) is 11.9 Å². The van der Waals surface area contributed by atoms with Gasteiger partial charge in [-0.25, -0.2) is 4.68 Å². The predicted octanol–water partition coefficient (Wildman–Crippen LogP) is 2.48. The molecule has 3 rings (SSSR count). The van der Waals surface area contributed by atoms with Gasteiger partial charge in [-0.3, -0.25) is 0 Å². The number of nitrogens with zero attached hydrogens (tertiary/aromatic N) is 2. The summed E-state index contributed by atoms with van der Waals surface area (Å²) >= 11 is 0. The highest BCUT2D eigenvalue weighted by Crippen LogP contribution is 2.14. The summed E-state index contributed by atoms with van der Waals surface area (Å²) in [5.74, 6) is 0. The molecule has 1 aromatic heterocycles. The molecule has 0 spiro atoms. The SMILES string of the molecule is Cc1cnn(-c2ccc(CC3CCCN3)cc2)c1. The van der Waals surface area contributed by atoms with E-state index < -0.39 is 0 Å². The second kappa shape index (κ2) is 4.94. The van der Waals surface area contributed by atoms with Crippen LogP contribution >= 0.6 is 0 Å². The molecule has 1 fully saturated rings. The van der Waals surface area contributed by atoms with E-state index in [9.17, 15) is 0 Å². The minimum absolute atomic E-state index is 0.669. The lowest BCUT2D eigenvalue weighted by molar-refractivity contribution is 0.603. The average molecular weight is 241 g/mol. The molecule has 1 atom stereocenters. The van der Waals surface area contributed by atoms with Crippen molar-refractivity contribution in [1.82, 2.24) is 15.1 Å². The van der Waals surface area contributed by atoms with E-state index in [4.69, 9.17) is 0 Å². The van der Waals surface area contributed by atoms with Gasteiger partial charge in [-0.05, 0) is 56.0 Å². The van der Waals surface area contributed by atoms with Crippen molar-refractivity contribution in [3.8, 4) is 5.69 Å². The van der Waals surface area contributed by atoms with Gasteiger partial charge in [-0.2, -0.15) is 5.10 Å². The summed E-state index contributed by atoms with van der Waals surface area (Å²) in [6.07, 6.45) is 7.69. The van der Waals surface area contributed by atoms with E-state index in [-0.39, 0.29) is 0 Å². The van der Waals surface area contributed by atoms with Crippen molar-refractivity contribution in [1.29, 1.82) is 0 Å². The molecule has 3 heteroatoms. The van der Waals surface area contributed by atoms with Crippen LogP contribution in [0.3, 0.4) is 0 Å². The van der Waals surface area contributed by atoms with Crippen LogP contribution in [-0.4, -0.2) is 22.4 Å². The summed E-state index contributed by atoms with van der Waals surface area (Å²) in [5, 5.41) is 7.86. The van der Waals surface area contributed by atoms with Gasteiger partial charge in [0.15, 0.2) is 0 Å². The fourth-order valence-corrected chi connectivity index (χ4v) is 2.55. The van der Waals surface area contributed by atoms with Crippen LogP contribution in [0.15, 0.2) is 36.7 Å². The predicted molar refractivity (Wildman–Crippen MR) is 73.0 cm³/mol. The Hall–Kier alpha value is -1.61. The molecule has 0 aliphatic carbocycles. The van der Waals surface area contributed by atoms with Gasteiger partial charge in [-0.15, -0.1) is 0 Å². The van der Waals surface area contributed by atoms with Crippen LogP contribution in [0.2, 0.25) is 0 Å². The van der Waals surface area contributed by atoms with Crippen molar-refractivity contribution in [2.24, 2.45) is 0 Å². The molecule has 0 bridgehead atoms. The van der Waals surface area contributed by atoms with Crippen LogP contribution in [0.25, 0.3) is 5.69 Å². The first-order valence-electron chi connectivity index (χ1n) is 6.65. The lowest BCUT2D eigenvalue weighted by Gasteiger charge is -2.10. The topological polar surface area (TPSA) is 29.9 Å². The molecule has 1 aliphatic heterocycles. The van der Waals surface area contributed by atoms with E-state index in [0.717, 1.165) is 12.1 Å². The molecule has 2 heterocycles. The molecule has 1 N–H and O–H groups in total. The maximum absolute atomic E-state index is 4.32.